The Kier molecular flexibility index (Phi) is 15.4. The summed E-state index contributed by atoms with van der Waals surface area (Å²) in [5.74, 6) is -3.48. The summed E-state index contributed by atoms with van der Waals surface area (Å²) in [6.45, 7) is 6.43. The van der Waals surface area contributed by atoms with E-state index in [1.54, 1.807) is 0 Å². The first-order valence-corrected chi connectivity index (χ1v) is 8.88. The molecule has 0 atom stereocenters. The average molecular weight is 346 g/mol. The second-order valence-corrected chi connectivity index (χ2v) is 6.38. The molecule has 3 N–H and O–H groups in total. The van der Waals surface area contributed by atoms with Crippen molar-refractivity contribution >= 4 is 17.9 Å². The van der Waals surface area contributed by atoms with Crippen molar-refractivity contribution < 1.29 is 29.7 Å². The Bertz CT molecular complexity index is 320. The molecule has 0 aliphatic heterocycles. The van der Waals surface area contributed by atoms with Gasteiger partial charge in [0.25, 0.3) is 0 Å². The highest BCUT2D eigenvalue weighted by Gasteiger charge is 2.37. The van der Waals surface area contributed by atoms with Crippen LogP contribution in [0.25, 0.3) is 0 Å². The van der Waals surface area contributed by atoms with Crippen molar-refractivity contribution in [1.82, 2.24) is 0 Å². The van der Waals surface area contributed by atoms with E-state index in [1.165, 1.54) is 25.7 Å². The molecule has 0 aromatic rings. The summed E-state index contributed by atoms with van der Waals surface area (Å²) in [5, 5.41) is 26.5. The van der Waals surface area contributed by atoms with Crippen LogP contribution in [-0.2, 0) is 14.4 Å². The fourth-order valence-electron chi connectivity index (χ4n) is 2.67. The zero-order valence-electron chi connectivity index (χ0n) is 15.3. The molecule has 0 aromatic carbocycles. The Labute approximate surface area is 145 Å². The van der Waals surface area contributed by atoms with Crippen LogP contribution in [0.15, 0.2) is 0 Å². The van der Waals surface area contributed by atoms with Crippen LogP contribution in [0.5, 0.6) is 0 Å². The number of carboxylic acid groups (broad SMARTS) is 3. The summed E-state index contributed by atoms with van der Waals surface area (Å²) in [7, 11) is 0. The van der Waals surface area contributed by atoms with Crippen molar-refractivity contribution in [1.29, 1.82) is 0 Å². The molecule has 24 heavy (non-hydrogen) atoms. The van der Waals surface area contributed by atoms with Crippen molar-refractivity contribution in [3.63, 3.8) is 0 Å². The first kappa shape index (κ1) is 24.7. The maximum absolute atomic E-state index is 10.8. The zero-order valence-corrected chi connectivity index (χ0v) is 15.3. The monoisotopic (exact) mass is 346 g/mol. The lowest BCUT2D eigenvalue weighted by Crippen LogP contribution is -2.30. The molecule has 0 saturated heterocycles. The fraction of sp³-hybridized carbons (Fsp3) is 0.833. The quantitative estimate of drug-likeness (QED) is 0.421. The molecule has 0 aliphatic rings. The van der Waals surface area contributed by atoms with E-state index < -0.39 is 42.6 Å². The molecule has 0 spiro atoms. The van der Waals surface area contributed by atoms with E-state index in [0.29, 0.717) is 12.8 Å². The summed E-state index contributed by atoms with van der Waals surface area (Å²) < 4.78 is 0. The highest BCUT2D eigenvalue weighted by atomic mass is 16.4. The molecule has 6 nitrogen and oxygen atoms in total. The number of hydrogen-bond donors (Lipinski definition) is 3. The van der Waals surface area contributed by atoms with Crippen molar-refractivity contribution in [2.45, 2.75) is 91.4 Å². The van der Waals surface area contributed by atoms with Gasteiger partial charge < -0.3 is 15.3 Å². The number of aliphatic carboxylic acids is 3. The molecular weight excluding hydrogens is 312 g/mol. The van der Waals surface area contributed by atoms with Crippen LogP contribution in [0.3, 0.4) is 0 Å². The molecule has 0 bridgehead atoms. The molecule has 0 unspecified atom stereocenters. The summed E-state index contributed by atoms with van der Waals surface area (Å²) in [6.07, 6.45) is 6.97. The molecule has 0 fully saturated rings. The molecule has 0 amide bonds. The van der Waals surface area contributed by atoms with Crippen molar-refractivity contribution in [3.8, 4) is 0 Å². The number of hydrogen-bond acceptors (Lipinski definition) is 3. The molecule has 0 aliphatic carbocycles. The molecule has 0 heterocycles. The van der Waals surface area contributed by atoms with Crippen LogP contribution in [0, 0.1) is 5.41 Å². The second kappa shape index (κ2) is 15.0. The summed E-state index contributed by atoms with van der Waals surface area (Å²) >= 11 is 0. The van der Waals surface area contributed by atoms with E-state index >= 15 is 0 Å². The van der Waals surface area contributed by atoms with Gasteiger partial charge in [-0.05, 0) is 6.42 Å². The van der Waals surface area contributed by atoms with Gasteiger partial charge in [-0.1, -0.05) is 65.7 Å². The minimum Gasteiger partial charge on any atom is -0.481 e. The van der Waals surface area contributed by atoms with E-state index in [2.05, 4.69) is 13.8 Å². The third-order valence-corrected chi connectivity index (χ3v) is 3.85. The largest absolute Gasteiger partial charge is 0.481 e. The fourth-order valence-corrected chi connectivity index (χ4v) is 2.67. The van der Waals surface area contributed by atoms with Crippen molar-refractivity contribution in [2.24, 2.45) is 5.41 Å². The Morgan fingerprint density at radius 3 is 1.17 bits per heavy atom. The lowest BCUT2D eigenvalue weighted by Gasteiger charge is -2.29. The van der Waals surface area contributed by atoms with Gasteiger partial charge in [0.05, 0.1) is 19.3 Å². The topological polar surface area (TPSA) is 112 Å². The Hall–Kier alpha value is -1.59. The maximum atomic E-state index is 10.8. The summed E-state index contributed by atoms with van der Waals surface area (Å²) in [4.78, 5) is 32.5. The third kappa shape index (κ3) is 15.3. The van der Waals surface area contributed by atoms with Gasteiger partial charge >= 0.3 is 17.9 Å². The third-order valence-electron chi connectivity index (χ3n) is 3.85. The standard InChI is InChI=1S/C12H20O6.C6H14/c1-2-3-4-5-12(6-9(13)14,7-10(15)16)8-11(17)18;1-3-5-6-4-2/h2-8H2,1H3,(H,13,14)(H,15,16)(H,17,18);3-6H2,1-2H3. The average Bonchev–Trinajstić information content (AvgIpc) is 2.43. The van der Waals surface area contributed by atoms with Crippen LogP contribution >= 0.6 is 0 Å². The Morgan fingerprint density at radius 1 is 0.625 bits per heavy atom. The molecule has 0 rings (SSSR count). The van der Waals surface area contributed by atoms with E-state index in [9.17, 15) is 14.4 Å². The summed E-state index contributed by atoms with van der Waals surface area (Å²) in [5.41, 5.74) is -1.18. The molecule has 0 aromatic heterocycles. The lowest BCUT2D eigenvalue weighted by molar-refractivity contribution is -0.147. The summed E-state index contributed by atoms with van der Waals surface area (Å²) in [6, 6.07) is 0. The highest BCUT2D eigenvalue weighted by molar-refractivity contribution is 5.75. The van der Waals surface area contributed by atoms with Crippen molar-refractivity contribution in [3.05, 3.63) is 0 Å². The number of carboxylic acids is 3. The minimum atomic E-state index is -1.18. The maximum Gasteiger partial charge on any atom is 0.303 e. The van der Waals surface area contributed by atoms with Crippen LogP contribution in [-0.4, -0.2) is 33.2 Å². The van der Waals surface area contributed by atoms with Gasteiger partial charge in [0.1, 0.15) is 0 Å². The van der Waals surface area contributed by atoms with E-state index in [1.807, 2.05) is 6.92 Å². The number of carbonyl (C=O) groups is 3. The Balaban J connectivity index is 0. The SMILES string of the molecule is CCCCCC.CCCCCC(CC(=O)O)(CC(=O)O)CC(=O)O. The minimum absolute atomic E-state index is 0.311. The predicted octanol–water partition coefficient (Wildman–Crippen LogP) is 4.56. The predicted molar refractivity (Wildman–Crippen MR) is 93.1 cm³/mol. The first-order valence-electron chi connectivity index (χ1n) is 8.88. The second-order valence-electron chi connectivity index (χ2n) is 6.38. The normalized spacial score (nSPS) is 10.6. The molecule has 142 valence electrons. The zero-order chi connectivity index (χ0) is 19.0. The van der Waals surface area contributed by atoms with Gasteiger partial charge in [-0.25, -0.2) is 0 Å². The lowest BCUT2D eigenvalue weighted by atomic mass is 9.74. The van der Waals surface area contributed by atoms with Crippen LogP contribution in [0.4, 0.5) is 0 Å². The van der Waals surface area contributed by atoms with Crippen molar-refractivity contribution in [2.75, 3.05) is 0 Å². The van der Waals surface area contributed by atoms with Gasteiger partial charge in [-0.3, -0.25) is 14.4 Å². The number of rotatable bonds is 13. The molecule has 0 saturated carbocycles. The van der Waals surface area contributed by atoms with Gasteiger partial charge in [0, 0.05) is 5.41 Å². The van der Waals surface area contributed by atoms with E-state index in [4.69, 9.17) is 15.3 Å². The van der Waals surface area contributed by atoms with Gasteiger partial charge in [-0.15, -0.1) is 0 Å². The van der Waals surface area contributed by atoms with Crippen LogP contribution < -0.4 is 0 Å². The van der Waals surface area contributed by atoms with Gasteiger partial charge in [0.2, 0.25) is 0 Å². The van der Waals surface area contributed by atoms with Crippen LogP contribution in [0.2, 0.25) is 0 Å². The molecule has 0 radical (unpaired) electrons. The first-order chi connectivity index (χ1) is 11.2. The molecular formula is C18H34O6. The smallest absolute Gasteiger partial charge is 0.303 e. The van der Waals surface area contributed by atoms with E-state index in [0.717, 1.165) is 12.8 Å². The number of unbranched alkanes of at least 4 members (excludes halogenated alkanes) is 5. The van der Waals surface area contributed by atoms with Gasteiger partial charge in [-0.2, -0.15) is 0 Å². The molecule has 6 heteroatoms. The van der Waals surface area contributed by atoms with Crippen LogP contribution in [0.1, 0.15) is 91.4 Å². The van der Waals surface area contributed by atoms with Gasteiger partial charge in [0.15, 0.2) is 0 Å². The highest BCUT2D eigenvalue weighted by Crippen LogP contribution is 2.37. The Morgan fingerprint density at radius 2 is 0.917 bits per heavy atom. The van der Waals surface area contributed by atoms with E-state index in [-0.39, 0.29) is 0 Å².